The van der Waals surface area contributed by atoms with Crippen molar-refractivity contribution in [3.63, 3.8) is 0 Å². The van der Waals surface area contributed by atoms with Crippen molar-refractivity contribution >= 4 is 38.0 Å². The minimum atomic E-state index is -2.21. The zero-order valence-corrected chi connectivity index (χ0v) is 20.4. The van der Waals surface area contributed by atoms with Crippen LogP contribution in [0.4, 0.5) is 4.79 Å². The molecule has 2 amide bonds. The zero-order valence-electron chi connectivity index (χ0n) is 18.6. The number of hydrogen-bond donors (Lipinski definition) is 2. The molecule has 2 aliphatic rings. The number of carbonyl (C=O) groups excluding carboxylic acids is 2. The number of carboxylic acids is 1. The normalized spacial score (nSPS) is 27.7. The number of nitrogens with zero attached hydrogens (tertiary/aromatic N) is 1. The molecule has 2 heterocycles. The van der Waals surface area contributed by atoms with Gasteiger partial charge >= 0.3 is 12.1 Å². The Balaban J connectivity index is 2.31. The van der Waals surface area contributed by atoms with E-state index in [4.69, 9.17) is 9.16 Å². The molecule has 0 spiro atoms. The topological polar surface area (TPSA) is 105 Å². The lowest BCUT2D eigenvalue weighted by Crippen LogP contribution is -2.61. The minimum absolute atomic E-state index is 0.00146. The van der Waals surface area contributed by atoms with E-state index in [0.29, 0.717) is 5.75 Å². The fourth-order valence-electron chi connectivity index (χ4n) is 3.10. The van der Waals surface area contributed by atoms with E-state index >= 15 is 0 Å². The first-order chi connectivity index (χ1) is 13.0. The van der Waals surface area contributed by atoms with Crippen LogP contribution in [-0.4, -0.2) is 71.2 Å². The third-order valence-corrected chi connectivity index (χ3v) is 11.5. The highest BCUT2D eigenvalue weighted by Crippen LogP contribution is 2.44. The average Bonchev–Trinajstić information content (AvgIpc) is 3.02. The predicted octanol–water partition coefficient (Wildman–Crippen LogP) is 3.03. The molecule has 2 fully saturated rings. The van der Waals surface area contributed by atoms with Gasteiger partial charge in [0.05, 0.1) is 12.0 Å². The predicted molar refractivity (Wildman–Crippen MR) is 114 cm³/mol. The van der Waals surface area contributed by atoms with Crippen molar-refractivity contribution in [2.45, 2.75) is 88.7 Å². The maximum Gasteiger partial charge on any atom is 0.408 e. The van der Waals surface area contributed by atoms with Crippen LogP contribution in [0.1, 0.15) is 48.0 Å². The molecule has 2 rings (SSSR count). The van der Waals surface area contributed by atoms with Crippen LogP contribution in [0.25, 0.3) is 0 Å². The molecule has 0 aromatic rings. The molecule has 2 aliphatic heterocycles. The van der Waals surface area contributed by atoms with Gasteiger partial charge in [0, 0.05) is 12.2 Å². The highest BCUT2D eigenvalue weighted by molar-refractivity contribution is 8.00. The first kappa shape index (κ1) is 24.0. The largest absolute Gasteiger partial charge is 0.480 e. The number of fused-ring (bicyclic) bond motifs is 1. The number of ether oxygens (including phenoxy) is 1. The van der Waals surface area contributed by atoms with E-state index in [1.807, 2.05) is 0 Å². The average molecular weight is 447 g/mol. The van der Waals surface area contributed by atoms with Gasteiger partial charge < -0.3 is 24.5 Å². The molecule has 2 N–H and O–H groups in total. The van der Waals surface area contributed by atoms with Crippen molar-refractivity contribution in [3.8, 4) is 0 Å². The molecule has 3 atom stereocenters. The Labute approximate surface area is 178 Å². The Bertz CT molecular complexity index is 687. The van der Waals surface area contributed by atoms with E-state index in [0.717, 1.165) is 0 Å². The van der Waals surface area contributed by atoms with E-state index in [9.17, 15) is 19.5 Å². The Morgan fingerprint density at radius 3 is 2.34 bits per heavy atom. The van der Waals surface area contributed by atoms with Crippen LogP contribution in [0.3, 0.4) is 0 Å². The number of hydrogen-bond acceptors (Lipinski definition) is 6. The number of alkyl carbamates (subject to hydrolysis) is 1. The van der Waals surface area contributed by atoms with Crippen molar-refractivity contribution in [1.82, 2.24) is 10.2 Å². The van der Waals surface area contributed by atoms with E-state index in [1.165, 1.54) is 16.7 Å². The molecule has 0 aromatic heterocycles. The van der Waals surface area contributed by atoms with Crippen LogP contribution in [0.15, 0.2) is 0 Å². The van der Waals surface area contributed by atoms with Gasteiger partial charge in [-0.25, -0.2) is 9.59 Å². The molecule has 166 valence electrons. The smallest absolute Gasteiger partial charge is 0.408 e. The molecular weight excluding hydrogens is 412 g/mol. The van der Waals surface area contributed by atoms with Crippen molar-refractivity contribution in [2.75, 3.05) is 12.4 Å². The number of aliphatic carboxylic acids is 1. The van der Waals surface area contributed by atoms with Crippen LogP contribution in [-0.2, 0) is 18.8 Å². The third-order valence-electron chi connectivity index (χ3n) is 5.77. The van der Waals surface area contributed by atoms with Gasteiger partial charge in [-0.3, -0.25) is 4.79 Å². The number of carbonyl (C=O) groups is 3. The fraction of sp³-hybridized carbons (Fsp3) is 0.842. The Kier molecular flexibility index (Phi) is 6.43. The van der Waals surface area contributed by atoms with Gasteiger partial charge in [-0.05, 0) is 38.9 Å². The van der Waals surface area contributed by atoms with Crippen LogP contribution < -0.4 is 5.32 Å². The molecule has 0 unspecified atom stereocenters. The Morgan fingerprint density at radius 2 is 1.86 bits per heavy atom. The lowest BCUT2D eigenvalue weighted by molar-refractivity contribution is -0.149. The van der Waals surface area contributed by atoms with Gasteiger partial charge in [0.1, 0.15) is 17.2 Å². The lowest BCUT2D eigenvalue weighted by Gasteiger charge is -2.39. The second kappa shape index (κ2) is 7.77. The summed E-state index contributed by atoms with van der Waals surface area (Å²) in [6.07, 6.45) is -0.420. The molecule has 0 radical (unpaired) electrons. The number of thioether (sulfide) groups is 1. The zero-order chi connectivity index (χ0) is 22.4. The van der Waals surface area contributed by atoms with Crippen LogP contribution in [0.5, 0.6) is 0 Å². The summed E-state index contributed by atoms with van der Waals surface area (Å²) in [5.41, 5.74) is -2.05. The molecule has 10 heteroatoms. The van der Waals surface area contributed by atoms with Gasteiger partial charge in [0.25, 0.3) is 5.91 Å². The van der Waals surface area contributed by atoms with Crippen molar-refractivity contribution in [3.05, 3.63) is 0 Å². The summed E-state index contributed by atoms with van der Waals surface area (Å²) in [4.78, 5) is 39.0. The molecule has 0 aliphatic carbocycles. The summed E-state index contributed by atoms with van der Waals surface area (Å²) in [5.74, 6) is -1.10. The van der Waals surface area contributed by atoms with Gasteiger partial charge in [-0.2, -0.15) is 0 Å². The maximum atomic E-state index is 13.4. The number of carboxylic acid groups (broad SMARTS) is 1. The minimum Gasteiger partial charge on any atom is -0.480 e. The molecule has 0 bridgehead atoms. The van der Waals surface area contributed by atoms with Crippen LogP contribution in [0.2, 0.25) is 18.1 Å². The molecular formula is C19H34N2O6SSi. The van der Waals surface area contributed by atoms with Gasteiger partial charge in [-0.15, -0.1) is 11.8 Å². The summed E-state index contributed by atoms with van der Waals surface area (Å²) in [6.45, 7) is 15.7. The maximum absolute atomic E-state index is 13.4. The van der Waals surface area contributed by atoms with Crippen molar-refractivity contribution < 1.29 is 28.7 Å². The summed E-state index contributed by atoms with van der Waals surface area (Å²) in [5, 5.41) is 11.9. The highest BCUT2D eigenvalue weighted by atomic mass is 32.2. The quantitative estimate of drug-likeness (QED) is 0.625. The van der Waals surface area contributed by atoms with E-state index < -0.39 is 43.5 Å². The second-order valence-electron chi connectivity index (χ2n) is 10.3. The number of rotatable bonds is 5. The fourth-order valence-corrected chi connectivity index (χ4v) is 5.65. The first-order valence-electron chi connectivity index (χ1n) is 9.81. The molecule has 8 nitrogen and oxygen atoms in total. The SMILES string of the molecule is CC(C)(C)OC(=O)N[C@]1(CO[Si](C)(C)C(C)(C)C)C[C@H]2SC[C@@H](C(=O)O)N2C1=O. The standard InChI is InChI=1S/C19H34N2O6SSi/c1-17(2,3)27-16(25)20-19(11-26-29(7,8)18(4,5)6)9-13-21(15(19)24)12(10-28-13)14(22)23/h12-13H,9-11H2,1-8H3,(H,20,25)(H,22,23)/t12-,13+,19-/m0/s1. The van der Waals surface area contributed by atoms with Crippen LogP contribution >= 0.6 is 11.8 Å². The van der Waals surface area contributed by atoms with Gasteiger partial charge in [0.15, 0.2) is 8.32 Å². The summed E-state index contributed by atoms with van der Waals surface area (Å²) < 4.78 is 11.7. The van der Waals surface area contributed by atoms with Gasteiger partial charge in [-0.1, -0.05) is 20.8 Å². The number of nitrogens with one attached hydrogen (secondary N) is 1. The molecule has 29 heavy (non-hydrogen) atoms. The molecule has 2 saturated heterocycles. The van der Waals surface area contributed by atoms with Gasteiger partial charge in [0.2, 0.25) is 0 Å². The third kappa shape index (κ3) is 5.08. The molecule has 0 aromatic carbocycles. The summed E-state index contributed by atoms with van der Waals surface area (Å²) in [6, 6.07) is -0.896. The Morgan fingerprint density at radius 1 is 1.28 bits per heavy atom. The van der Waals surface area contributed by atoms with Crippen LogP contribution in [0, 0.1) is 0 Å². The van der Waals surface area contributed by atoms with Crippen molar-refractivity contribution in [2.24, 2.45) is 0 Å². The molecule has 0 saturated carbocycles. The second-order valence-corrected chi connectivity index (χ2v) is 16.3. The Hall–Kier alpha value is -1.26. The van der Waals surface area contributed by atoms with E-state index in [1.54, 1.807) is 20.8 Å². The van der Waals surface area contributed by atoms with E-state index in [-0.39, 0.29) is 23.4 Å². The first-order valence-corrected chi connectivity index (χ1v) is 13.8. The number of amides is 2. The highest BCUT2D eigenvalue weighted by Gasteiger charge is 2.59. The summed E-state index contributed by atoms with van der Waals surface area (Å²) in [7, 11) is -2.21. The lowest BCUT2D eigenvalue weighted by atomic mass is 9.99. The monoisotopic (exact) mass is 446 g/mol. The van der Waals surface area contributed by atoms with E-state index in [2.05, 4.69) is 39.2 Å². The van der Waals surface area contributed by atoms with Crippen molar-refractivity contribution in [1.29, 1.82) is 0 Å². The summed E-state index contributed by atoms with van der Waals surface area (Å²) >= 11 is 1.42.